The minimum atomic E-state index is -0.416. The van der Waals surface area contributed by atoms with E-state index < -0.39 is 6.03 Å². The molecule has 3 amide bonds. The molecule has 132 valence electrons. The number of hydrogen-bond acceptors (Lipinski definition) is 3. The molecule has 0 aliphatic carbocycles. The topological polar surface area (TPSA) is 79.5 Å². The Morgan fingerprint density at radius 1 is 1.00 bits per heavy atom. The number of hydrogen-bond donors (Lipinski definition) is 3. The fraction of sp³-hybridized carbons (Fsp3) is 0.263. The zero-order chi connectivity index (χ0) is 18.1. The quantitative estimate of drug-likeness (QED) is 0.724. The van der Waals surface area contributed by atoms with Gasteiger partial charge < -0.3 is 20.7 Å². The zero-order valence-corrected chi connectivity index (χ0v) is 14.5. The van der Waals surface area contributed by atoms with Gasteiger partial charge in [0.2, 0.25) is 5.91 Å². The van der Waals surface area contributed by atoms with Gasteiger partial charge >= 0.3 is 6.03 Å². The highest BCUT2D eigenvalue weighted by Crippen LogP contribution is 2.10. The summed E-state index contributed by atoms with van der Waals surface area (Å²) in [7, 11) is 1.63. The highest BCUT2D eigenvalue weighted by Gasteiger charge is 2.07. The van der Waals surface area contributed by atoms with Gasteiger partial charge in [0, 0.05) is 19.3 Å². The molecule has 25 heavy (non-hydrogen) atoms. The lowest BCUT2D eigenvalue weighted by atomic mass is 10.1. The van der Waals surface area contributed by atoms with Crippen molar-refractivity contribution in [3.63, 3.8) is 0 Å². The summed E-state index contributed by atoms with van der Waals surface area (Å²) in [6.45, 7) is 2.73. The van der Waals surface area contributed by atoms with E-state index in [1.165, 1.54) is 0 Å². The fourth-order valence-electron chi connectivity index (χ4n) is 2.34. The number of amides is 3. The van der Waals surface area contributed by atoms with E-state index in [2.05, 4.69) is 16.0 Å². The molecule has 0 aliphatic heterocycles. The van der Waals surface area contributed by atoms with Crippen molar-refractivity contribution in [2.45, 2.75) is 20.1 Å². The molecule has 3 N–H and O–H groups in total. The molecule has 0 radical (unpaired) electrons. The number of carbonyl (C=O) groups excluding carboxylic acids is 2. The van der Waals surface area contributed by atoms with Crippen molar-refractivity contribution in [2.24, 2.45) is 0 Å². The van der Waals surface area contributed by atoms with Crippen molar-refractivity contribution in [1.29, 1.82) is 0 Å². The van der Waals surface area contributed by atoms with E-state index >= 15 is 0 Å². The van der Waals surface area contributed by atoms with Crippen LogP contribution in [0.3, 0.4) is 0 Å². The Labute approximate surface area is 147 Å². The van der Waals surface area contributed by atoms with Crippen molar-refractivity contribution < 1.29 is 14.3 Å². The average Bonchev–Trinajstić information content (AvgIpc) is 2.59. The monoisotopic (exact) mass is 341 g/mol. The Morgan fingerprint density at radius 3 is 2.48 bits per heavy atom. The molecule has 0 saturated carbocycles. The number of rotatable bonds is 7. The number of ether oxygens (including phenoxy) is 1. The van der Waals surface area contributed by atoms with Crippen LogP contribution in [0.2, 0.25) is 0 Å². The minimum Gasteiger partial charge on any atom is -0.380 e. The highest BCUT2D eigenvalue weighted by molar-refractivity contribution is 5.92. The van der Waals surface area contributed by atoms with Gasteiger partial charge in [0.1, 0.15) is 0 Å². The summed E-state index contributed by atoms with van der Waals surface area (Å²) in [6.07, 6.45) is 0. The Bertz CT molecular complexity index is 731. The van der Waals surface area contributed by atoms with Crippen molar-refractivity contribution in [3.8, 4) is 0 Å². The normalized spacial score (nSPS) is 10.2. The van der Waals surface area contributed by atoms with Crippen LogP contribution in [0.5, 0.6) is 0 Å². The molecule has 0 heterocycles. The zero-order valence-electron chi connectivity index (χ0n) is 14.5. The fourth-order valence-corrected chi connectivity index (χ4v) is 2.34. The van der Waals surface area contributed by atoms with E-state index in [0.29, 0.717) is 18.8 Å². The third kappa shape index (κ3) is 6.27. The molecule has 0 aromatic heterocycles. The van der Waals surface area contributed by atoms with E-state index in [-0.39, 0.29) is 12.5 Å². The molecule has 2 aromatic rings. The number of carbonyl (C=O) groups is 2. The Kier molecular flexibility index (Phi) is 6.98. The van der Waals surface area contributed by atoms with Gasteiger partial charge in [-0.25, -0.2) is 4.79 Å². The first-order valence-corrected chi connectivity index (χ1v) is 8.02. The van der Waals surface area contributed by atoms with Crippen LogP contribution >= 0.6 is 0 Å². The second kappa shape index (κ2) is 9.44. The third-order valence-corrected chi connectivity index (χ3v) is 3.58. The minimum absolute atomic E-state index is 0.0932. The standard InChI is InChI=1S/C19H23N3O3/c1-14-6-5-9-17(10-14)22-19(24)21-12-18(23)20-11-15-7-3-4-8-16(15)13-25-2/h3-10H,11-13H2,1-2H3,(H,20,23)(H2,21,22,24). The molecule has 6 nitrogen and oxygen atoms in total. The van der Waals surface area contributed by atoms with Crippen LogP contribution in [-0.4, -0.2) is 25.6 Å². The Morgan fingerprint density at radius 2 is 1.76 bits per heavy atom. The molecular formula is C19H23N3O3. The second-order valence-corrected chi connectivity index (χ2v) is 5.66. The van der Waals surface area contributed by atoms with Crippen molar-refractivity contribution in [3.05, 3.63) is 65.2 Å². The number of urea groups is 1. The van der Waals surface area contributed by atoms with E-state index in [0.717, 1.165) is 16.7 Å². The lowest BCUT2D eigenvalue weighted by Crippen LogP contribution is -2.38. The number of benzene rings is 2. The maximum Gasteiger partial charge on any atom is 0.319 e. The molecule has 2 aromatic carbocycles. The summed E-state index contributed by atoms with van der Waals surface area (Å²) in [5, 5.41) is 8.02. The van der Waals surface area contributed by atoms with E-state index in [4.69, 9.17) is 4.74 Å². The van der Waals surface area contributed by atoms with Gasteiger partial charge in [0.15, 0.2) is 0 Å². The van der Waals surface area contributed by atoms with Crippen LogP contribution in [0.25, 0.3) is 0 Å². The van der Waals surface area contributed by atoms with E-state index in [1.54, 1.807) is 13.2 Å². The SMILES string of the molecule is COCc1ccccc1CNC(=O)CNC(=O)Nc1cccc(C)c1. The smallest absolute Gasteiger partial charge is 0.319 e. The summed E-state index contributed by atoms with van der Waals surface area (Å²) < 4.78 is 5.14. The maximum atomic E-state index is 11.9. The molecule has 0 unspecified atom stereocenters. The van der Waals surface area contributed by atoms with Gasteiger partial charge in [-0.2, -0.15) is 0 Å². The highest BCUT2D eigenvalue weighted by atomic mass is 16.5. The van der Waals surface area contributed by atoms with Crippen molar-refractivity contribution in [1.82, 2.24) is 10.6 Å². The largest absolute Gasteiger partial charge is 0.380 e. The molecule has 0 fully saturated rings. The Hall–Kier alpha value is -2.86. The summed E-state index contributed by atoms with van der Waals surface area (Å²) in [4.78, 5) is 23.7. The van der Waals surface area contributed by atoms with Gasteiger partial charge in [0.25, 0.3) is 0 Å². The van der Waals surface area contributed by atoms with E-state index in [1.807, 2.05) is 49.4 Å². The van der Waals surface area contributed by atoms with Crippen LogP contribution in [0.4, 0.5) is 10.5 Å². The van der Waals surface area contributed by atoms with Crippen LogP contribution < -0.4 is 16.0 Å². The lowest BCUT2D eigenvalue weighted by molar-refractivity contribution is -0.120. The first kappa shape index (κ1) is 18.5. The first-order valence-electron chi connectivity index (χ1n) is 8.02. The van der Waals surface area contributed by atoms with Gasteiger partial charge in [-0.05, 0) is 35.7 Å². The Balaban J connectivity index is 1.76. The molecule has 0 atom stereocenters. The molecule has 2 rings (SSSR count). The van der Waals surface area contributed by atoms with Crippen LogP contribution in [0.1, 0.15) is 16.7 Å². The van der Waals surface area contributed by atoms with Crippen LogP contribution in [-0.2, 0) is 22.7 Å². The van der Waals surface area contributed by atoms with Crippen LogP contribution in [0.15, 0.2) is 48.5 Å². The van der Waals surface area contributed by atoms with Crippen molar-refractivity contribution in [2.75, 3.05) is 19.0 Å². The summed E-state index contributed by atoms with van der Waals surface area (Å²) in [5.41, 5.74) is 3.74. The lowest BCUT2D eigenvalue weighted by Gasteiger charge is -2.11. The van der Waals surface area contributed by atoms with Crippen LogP contribution in [0, 0.1) is 6.92 Å². The van der Waals surface area contributed by atoms with Gasteiger partial charge in [-0.1, -0.05) is 36.4 Å². The number of nitrogens with one attached hydrogen (secondary N) is 3. The molecule has 0 spiro atoms. The van der Waals surface area contributed by atoms with Gasteiger partial charge in [-0.15, -0.1) is 0 Å². The van der Waals surface area contributed by atoms with Gasteiger partial charge in [-0.3, -0.25) is 4.79 Å². The number of aryl methyl sites for hydroxylation is 1. The first-order chi connectivity index (χ1) is 12.1. The molecule has 6 heteroatoms. The summed E-state index contributed by atoms with van der Waals surface area (Å²) in [6, 6.07) is 14.8. The third-order valence-electron chi connectivity index (χ3n) is 3.58. The predicted molar refractivity (Wildman–Crippen MR) is 97.2 cm³/mol. The summed E-state index contributed by atoms with van der Waals surface area (Å²) >= 11 is 0. The second-order valence-electron chi connectivity index (χ2n) is 5.66. The number of methoxy groups -OCH3 is 1. The molecule has 0 saturated heterocycles. The molecule has 0 bridgehead atoms. The van der Waals surface area contributed by atoms with Crippen molar-refractivity contribution >= 4 is 17.6 Å². The number of anilines is 1. The molecule has 0 aliphatic rings. The average molecular weight is 341 g/mol. The molecular weight excluding hydrogens is 318 g/mol. The van der Waals surface area contributed by atoms with E-state index in [9.17, 15) is 9.59 Å². The summed E-state index contributed by atoms with van der Waals surface area (Å²) in [5.74, 6) is -0.258. The maximum absolute atomic E-state index is 11.9. The van der Waals surface area contributed by atoms with Gasteiger partial charge in [0.05, 0.1) is 13.2 Å². The predicted octanol–water partition coefficient (Wildman–Crippen LogP) is 2.58.